The number of aryl methyl sites for hydroxylation is 1. The van der Waals surface area contributed by atoms with E-state index in [9.17, 15) is 13.2 Å². The van der Waals surface area contributed by atoms with E-state index in [1.54, 1.807) is 12.1 Å². The van der Waals surface area contributed by atoms with Crippen LogP contribution in [0.2, 0.25) is 0 Å². The van der Waals surface area contributed by atoms with Crippen molar-refractivity contribution in [3.63, 3.8) is 0 Å². The Balaban J connectivity index is 1.40. The van der Waals surface area contributed by atoms with Crippen molar-refractivity contribution in [1.82, 2.24) is 4.31 Å². The number of nitrogens with zero attached hydrogens (tertiary/aromatic N) is 1. The summed E-state index contributed by atoms with van der Waals surface area (Å²) in [7, 11) is -3.64. The van der Waals surface area contributed by atoms with E-state index in [1.165, 1.54) is 10.4 Å². The summed E-state index contributed by atoms with van der Waals surface area (Å²) in [5.74, 6) is 0.737. The fraction of sp³-hybridized carbons (Fsp3) is 0.381. The molecule has 0 spiro atoms. The molecule has 4 rings (SSSR count). The van der Waals surface area contributed by atoms with E-state index in [0.29, 0.717) is 50.6 Å². The van der Waals surface area contributed by atoms with Crippen molar-refractivity contribution < 1.29 is 22.7 Å². The van der Waals surface area contributed by atoms with E-state index in [0.717, 1.165) is 11.3 Å². The first-order valence-corrected chi connectivity index (χ1v) is 11.1. The lowest BCUT2D eigenvalue weighted by atomic mass is 9.97. The van der Waals surface area contributed by atoms with E-state index in [2.05, 4.69) is 5.32 Å². The molecule has 0 aromatic heterocycles. The molecule has 154 valence electrons. The Labute approximate surface area is 170 Å². The number of sulfonamides is 1. The third-order valence-electron chi connectivity index (χ3n) is 5.26. The molecule has 1 N–H and O–H groups in total. The molecule has 8 heteroatoms. The van der Waals surface area contributed by atoms with E-state index in [4.69, 9.17) is 9.47 Å². The minimum atomic E-state index is -3.64. The molecule has 2 aromatic rings. The minimum absolute atomic E-state index is 0.0630. The van der Waals surface area contributed by atoms with Gasteiger partial charge in [0.1, 0.15) is 13.2 Å². The van der Waals surface area contributed by atoms with Crippen LogP contribution >= 0.6 is 0 Å². The summed E-state index contributed by atoms with van der Waals surface area (Å²) in [6, 6.07) is 12.3. The zero-order valence-corrected chi connectivity index (χ0v) is 17.1. The molecule has 0 unspecified atom stereocenters. The molecular weight excluding hydrogens is 392 g/mol. The molecule has 2 heterocycles. The number of hydrogen-bond donors (Lipinski definition) is 1. The van der Waals surface area contributed by atoms with E-state index in [1.807, 2.05) is 31.2 Å². The summed E-state index contributed by atoms with van der Waals surface area (Å²) in [6.07, 6.45) is 0.975. The zero-order valence-electron chi connectivity index (χ0n) is 16.3. The Morgan fingerprint density at radius 2 is 1.76 bits per heavy atom. The molecule has 2 aromatic carbocycles. The van der Waals surface area contributed by atoms with Crippen LogP contribution in [0.3, 0.4) is 0 Å². The molecule has 0 saturated carbocycles. The predicted octanol–water partition coefficient (Wildman–Crippen LogP) is 2.81. The molecule has 2 aliphatic rings. The number of benzene rings is 2. The van der Waals surface area contributed by atoms with Gasteiger partial charge in [-0.15, -0.1) is 0 Å². The van der Waals surface area contributed by atoms with Crippen molar-refractivity contribution >= 4 is 21.6 Å². The largest absolute Gasteiger partial charge is 0.486 e. The highest BCUT2D eigenvalue weighted by atomic mass is 32.2. The molecular formula is C21H24N2O5S. The van der Waals surface area contributed by atoms with Crippen LogP contribution in [0.1, 0.15) is 18.4 Å². The summed E-state index contributed by atoms with van der Waals surface area (Å²) in [5, 5.41) is 2.93. The molecule has 1 saturated heterocycles. The molecule has 2 aliphatic heterocycles. The van der Waals surface area contributed by atoms with Crippen molar-refractivity contribution in [3.8, 4) is 11.5 Å². The van der Waals surface area contributed by atoms with Gasteiger partial charge in [-0.1, -0.05) is 12.1 Å². The van der Waals surface area contributed by atoms with Gasteiger partial charge in [0.15, 0.2) is 11.5 Å². The summed E-state index contributed by atoms with van der Waals surface area (Å²) in [6.45, 7) is 3.44. The topological polar surface area (TPSA) is 84.9 Å². The standard InChI is InChI=1S/C21H24N2O5S/c1-15-3-2-4-17(13-15)22-21(24)16-7-9-23(10-8-16)29(25,26)18-5-6-19-20(14-18)28-12-11-27-19/h2-6,13-14,16H,7-12H2,1H3,(H,22,24). The third kappa shape index (κ3) is 4.23. The van der Waals surface area contributed by atoms with Crippen LogP contribution in [-0.2, 0) is 14.8 Å². The van der Waals surface area contributed by atoms with E-state index >= 15 is 0 Å². The van der Waals surface area contributed by atoms with Gasteiger partial charge in [0.05, 0.1) is 4.90 Å². The van der Waals surface area contributed by atoms with E-state index in [-0.39, 0.29) is 16.7 Å². The van der Waals surface area contributed by atoms with Gasteiger partial charge in [0, 0.05) is 30.8 Å². The molecule has 7 nitrogen and oxygen atoms in total. The number of amides is 1. The number of hydrogen-bond acceptors (Lipinski definition) is 5. The number of piperidine rings is 1. The maximum Gasteiger partial charge on any atom is 0.243 e. The molecule has 0 bridgehead atoms. The molecule has 0 radical (unpaired) electrons. The third-order valence-corrected chi connectivity index (χ3v) is 7.16. The smallest absolute Gasteiger partial charge is 0.243 e. The Hall–Kier alpha value is -2.58. The minimum Gasteiger partial charge on any atom is -0.486 e. The maximum atomic E-state index is 13.0. The van der Waals surface area contributed by atoms with Gasteiger partial charge >= 0.3 is 0 Å². The molecule has 0 atom stereocenters. The zero-order chi connectivity index (χ0) is 20.4. The SMILES string of the molecule is Cc1cccc(NC(=O)C2CCN(S(=O)(=O)c3ccc4c(c3)OCCO4)CC2)c1. The Kier molecular flexibility index (Phi) is 5.47. The van der Waals surface area contributed by atoms with Gasteiger partial charge in [-0.2, -0.15) is 4.31 Å². The molecule has 29 heavy (non-hydrogen) atoms. The summed E-state index contributed by atoms with van der Waals surface area (Å²) in [4.78, 5) is 12.7. The number of carbonyl (C=O) groups excluding carboxylic acids is 1. The van der Waals surface area contributed by atoms with Crippen molar-refractivity contribution in [2.24, 2.45) is 5.92 Å². The fourth-order valence-electron chi connectivity index (χ4n) is 3.66. The molecule has 1 amide bonds. The summed E-state index contributed by atoms with van der Waals surface area (Å²) in [5.41, 5.74) is 1.84. The maximum absolute atomic E-state index is 13.0. The van der Waals surface area contributed by atoms with Crippen LogP contribution < -0.4 is 14.8 Å². The first-order valence-electron chi connectivity index (χ1n) is 9.71. The Bertz CT molecular complexity index is 1010. The highest BCUT2D eigenvalue weighted by Crippen LogP contribution is 2.34. The first kappa shape index (κ1) is 19.7. The number of nitrogens with one attached hydrogen (secondary N) is 1. The Morgan fingerprint density at radius 1 is 1.03 bits per heavy atom. The van der Waals surface area contributed by atoms with Gasteiger partial charge in [-0.05, 0) is 49.6 Å². The second-order valence-corrected chi connectivity index (χ2v) is 9.28. The van der Waals surface area contributed by atoms with Gasteiger partial charge in [0.2, 0.25) is 15.9 Å². The van der Waals surface area contributed by atoms with Crippen LogP contribution in [0, 0.1) is 12.8 Å². The number of rotatable bonds is 4. The highest BCUT2D eigenvalue weighted by Gasteiger charge is 2.32. The number of carbonyl (C=O) groups is 1. The van der Waals surface area contributed by atoms with Crippen LogP contribution in [0.15, 0.2) is 47.4 Å². The lowest BCUT2D eigenvalue weighted by molar-refractivity contribution is -0.120. The highest BCUT2D eigenvalue weighted by molar-refractivity contribution is 7.89. The lowest BCUT2D eigenvalue weighted by Gasteiger charge is -2.31. The second kappa shape index (κ2) is 8.04. The van der Waals surface area contributed by atoms with Gasteiger partial charge < -0.3 is 14.8 Å². The van der Waals surface area contributed by atoms with Gasteiger partial charge in [0.25, 0.3) is 0 Å². The monoisotopic (exact) mass is 416 g/mol. The first-order chi connectivity index (χ1) is 13.9. The van der Waals surface area contributed by atoms with Crippen LogP contribution in [0.4, 0.5) is 5.69 Å². The Morgan fingerprint density at radius 3 is 2.48 bits per heavy atom. The number of fused-ring (bicyclic) bond motifs is 1. The normalized spacial score (nSPS) is 17.7. The van der Waals surface area contributed by atoms with Gasteiger partial charge in [-0.25, -0.2) is 8.42 Å². The number of ether oxygens (including phenoxy) is 2. The van der Waals surface area contributed by atoms with Crippen LogP contribution in [0.5, 0.6) is 11.5 Å². The van der Waals surface area contributed by atoms with Crippen molar-refractivity contribution in [1.29, 1.82) is 0 Å². The van der Waals surface area contributed by atoms with Gasteiger partial charge in [-0.3, -0.25) is 4.79 Å². The predicted molar refractivity (Wildman–Crippen MR) is 109 cm³/mol. The lowest BCUT2D eigenvalue weighted by Crippen LogP contribution is -2.41. The summed E-state index contributed by atoms with van der Waals surface area (Å²) < 4.78 is 38.4. The number of anilines is 1. The fourth-order valence-corrected chi connectivity index (χ4v) is 5.14. The molecule has 0 aliphatic carbocycles. The average Bonchev–Trinajstić information content (AvgIpc) is 2.73. The quantitative estimate of drug-likeness (QED) is 0.829. The summed E-state index contributed by atoms with van der Waals surface area (Å²) >= 11 is 0. The van der Waals surface area contributed by atoms with Crippen LogP contribution in [-0.4, -0.2) is 44.9 Å². The van der Waals surface area contributed by atoms with Crippen molar-refractivity contribution in [3.05, 3.63) is 48.0 Å². The van der Waals surface area contributed by atoms with E-state index < -0.39 is 10.0 Å². The van der Waals surface area contributed by atoms with Crippen molar-refractivity contribution in [2.75, 3.05) is 31.6 Å². The molecule has 1 fully saturated rings. The average molecular weight is 416 g/mol. The van der Waals surface area contributed by atoms with Crippen LogP contribution in [0.25, 0.3) is 0 Å². The van der Waals surface area contributed by atoms with Crippen molar-refractivity contribution in [2.45, 2.75) is 24.7 Å². The second-order valence-electron chi connectivity index (χ2n) is 7.34.